The van der Waals surface area contributed by atoms with Gasteiger partial charge in [-0.25, -0.2) is 9.97 Å². The van der Waals surface area contributed by atoms with E-state index in [4.69, 9.17) is 0 Å². The third-order valence-corrected chi connectivity index (χ3v) is 5.72. The maximum Gasteiger partial charge on any atom is 0.285 e. The molecule has 0 bridgehead atoms. The molecule has 0 amide bonds. The number of H-pyrrole nitrogens is 1. The topological polar surface area (TPSA) is 69.7 Å². The molecule has 27 heavy (non-hydrogen) atoms. The summed E-state index contributed by atoms with van der Waals surface area (Å²) < 4.78 is 29.2. The highest BCUT2D eigenvalue weighted by molar-refractivity contribution is 5.85. The van der Waals surface area contributed by atoms with Crippen LogP contribution in [-0.4, -0.2) is 50.7 Å². The first-order valence-electron chi connectivity index (χ1n) is 9.09. The third-order valence-electron chi connectivity index (χ3n) is 5.72. The third kappa shape index (κ3) is 2.93. The van der Waals surface area contributed by atoms with E-state index < -0.39 is 5.92 Å². The highest BCUT2D eigenvalue weighted by Crippen LogP contribution is 2.48. The summed E-state index contributed by atoms with van der Waals surface area (Å²) in [5.74, 6) is -1.31. The van der Waals surface area contributed by atoms with E-state index >= 15 is 0 Å². The molecular weight excluding hydrogens is 350 g/mol. The van der Waals surface area contributed by atoms with Crippen LogP contribution in [0.25, 0.3) is 11.0 Å². The van der Waals surface area contributed by atoms with Gasteiger partial charge in [0.25, 0.3) is 5.92 Å². The molecule has 3 heterocycles. The monoisotopic (exact) mass is 370 g/mol. The van der Waals surface area contributed by atoms with Crippen LogP contribution in [0.2, 0.25) is 0 Å². The van der Waals surface area contributed by atoms with Crippen molar-refractivity contribution >= 4 is 16.9 Å². The van der Waals surface area contributed by atoms with Crippen LogP contribution in [0.3, 0.4) is 0 Å². The number of piperidine rings is 1. The van der Waals surface area contributed by atoms with Crippen molar-refractivity contribution in [2.24, 2.45) is 11.8 Å². The van der Waals surface area contributed by atoms with Gasteiger partial charge in [-0.15, -0.1) is 0 Å². The number of nitrogens with one attached hydrogen (secondary N) is 2. The fourth-order valence-corrected chi connectivity index (χ4v) is 4.16. The van der Waals surface area contributed by atoms with E-state index in [-0.39, 0.29) is 18.2 Å². The molecule has 140 valence electrons. The summed E-state index contributed by atoms with van der Waals surface area (Å²) in [7, 11) is 0. The van der Waals surface area contributed by atoms with Crippen molar-refractivity contribution in [3.63, 3.8) is 0 Å². The number of fused-ring (bicyclic) bond motifs is 2. The Morgan fingerprint density at radius 1 is 1.19 bits per heavy atom. The first kappa shape index (κ1) is 16.6. The van der Waals surface area contributed by atoms with Gasteiger partial charge in [0.05, 0.1) is 18.1 Å². The molecule has 2 fully saturated rings. The molecule has 2 unspecified atom stereocenters. The van der Waals surface area contributed by atoms with Crippen LogP contribution in [0, 0.1) is 18.8 Å². The van der Waals surface area contributed by atoms with Crippen LogP contribution in [0.15, 0.2) is 36.8 Å². The van der Waals surface area contributed by atoms with Crippen molar-refractivity contribution < 1.29 is 8.78 Å². The van der Waals surface area contributed by atoms with Gasteiger partial charge in [0.2, 0.25) is 0 Å². The number of anilines is 1. The van der Waals surface area contributed by atoms with Gasteiger partial charge in [-0.2, -0.15) is 13.9 Å². The lowest BCUT2D eigenvalue weighted by atomic mass is 10.1. The van der Waals surface area contributed by atoms with E-state index in [1.807, 2.05) is 11.8 Å². The first-order chi connectivity index (χ1) is 13.0. The molecule has 1 aromatic carbocycles. The molecule has 0 radical (unpaired) electrons. The van der Waals surface area contributed by atoms with E-state index in [1.165, 1.54) is 18.5 Å². The molecule has 2 aliphatic rings. The highest BCUT2D eigenvalue weighted by Gasteiger charge is 2.57. The fraction of sp³-hybridized carbons (Fsp3) is 0.421. The summed E-state index contributed by atoms with van der Waals surface area (Å²) in [5, 5.41) is 11.1. The average molecular weight is 370 g/mol. The Morgan fingerprint density at radius 3 is 2.67 bits per heavy atom. The number of hydrogen-bond donors (Lipinski definition) is 2. The van der Waals surface area contributed by atoms with Crippen LogP contribution in [0.1, 0.15) is 11.1 Å². The first-order valence-corrected chi connectivity index (χ1v) is 9.09. The van der Waals surface area contributed by atoms with Crippen LogP contribution in [-0.2, 0) is 5.92 Å². The molecule has 2 N–H and O–H groups in total. The summed E-state index contributed by atoms with van der Waals surface area (Å²) >= 11 is 0. The van der Waals surface area contributed by atoms with Gasteiger partial charge in [-0.3, -0.25) is 10.00 Å². The lowest BCUT2D eigenvalue weighted by Crippen LogP contribution is -2.37. The molecule has 1 saturated carbocycles. The Hall–Kier alpha value is -2.61. The van der Waals surface area contributed by atoms with Crippen molar-refractivity contribution in [1.29, 1.82) is 0 Å². The van der Waals surface area contributed by atoms with Crippen molar-refractivity contribution in [3.8, 4) is 0 Å². The molecule has 0 spiro atoms. The number of halogens is 2. The summed E-state index contributed by atoms with van der Waals surface area (Å²) in [5.41, 5.74) is 1.77. The van der Waals surface area contributed by atoms with Gasteiger partial charge < -0.3 is 5.32 Å². The van der Waals surface area contributed by atoms with Crippen LogP contribution < -0.4 is 5.32 Å². The number of nitrogens with zero attached hydrogens (tertiary/aromatic N) is 4. The minimum Gasteiger partial charge on any atom is -0.366 e. The van der Waals surface area contributed by atoms with E-state index in [1.54, 1.807) is 18.3 Å². The van der Waals surface area contributed by atoms with Crippen molar-refractivity contribution in [1.82, 2.24) is 25.1 Å². The minimum atomic E-state index is -2.83. The highest BCUT2D eigenvalue weighted by atomic mass is 19.3. The number of aromatic nitrogens is 4. The Labute approximate surface area is 155 Å². The zero-order chi connectivity index (χ0) is 18.6. The summed E-state index contributed by atoms with van der Waals surface area (Å²) in [6.45, 7) is 3.04. The average Bonchev–Trinajstić information content (AvgIpc) is 3.03. The van der Waals surface area contributed by atoms with Gasteiger partial charge in [-0.1, -0.05) is 29.8 Å². The van der Waals surface area contributed by atoms with Gasteiger partial charge in [0.15, 0.2) is 5.65 Å². The van der Waals surface area contributed by atoms with Crippen molar-refractivity contribution in [2.45, 2.75) is 18.9 Å². The number of alkyl halides is 2. The number of likely N-dealkylation sites (tertiary alicyclic amines) is 1. The lowest BCUT2D eigenvalue weighted by molar-refractivity contribution is -0.0352. The Bertz CT molecular complexity index is 958. The Balaban J connectivity index is 1.21. The summed E-state index contributed by atoms with van der Waals surface area (Å²) in [6.07, 6.45) is 3.19. The van der Waals surface area contributed by atoms with Gasteiger partial charge in [0, 0.05) is 24.7 Å². The maximum atomic E-state index is 14.6. The normalized spacial score (nSPS) is 24.9. The van der Waals surface area contributed by atoms with E-state index in [2.05, 4.69) is 25.5 Å². The standard InChI is InChI=1S/C19H20F2N6/c1-11-2-4-12(5-3-11)19(20,21)9-27-7-14-15(8-27)16(14)25-17-13-6-24-26-18(13)23-10-22-17/h2-6,10,14-16H,7-9H2,1H3,(H2,22,23,24,25,26)/t14-,15?,16?/m0/s1. The maximum absolute atomic E-state index is 14.6. The molecule has 1 saturated heterocycles. The molecule has 3 aromatic rings. The van der Waals surface area contributed by atoms with Crippen molar-refractivity contribution in [2.75, 3.05) is 25.0 Å². The molecule has 1 aliphatic heterocycles. The number of hydrogen-bond acceptors (Lipinski definition) is 5. The lowest BCUT2D eigenvalue weighted by Gasteiger charge is -2.26. The molecule has 1 aliphatic carbocycles. The van der Waals surface area contributed by atoms with E-state index in [9.17, 15) is 8.78 Å². The number of aromatic amines is 1. The quantitative estimate of drug-likeness (QED) is 0.723. The second-order valence-electron chi connectivity index (χ2n) is 7.62. The van der Waals surface area contributed by atoms with Crippen molar-refractivity contribution in [3.05, 3.63) is 47.9 Å². The number of benzene rings is 1. The van der Waals surface area contributed by atoms with Crippen LogP contribution in [0.5, 0.6) is 0 Å². The predicted molar refractivity (Wildman–Crippen MR) is 97.6 cm³/mol. The molecule has 6 nitrogen and oxygen atoms in total. The number of rotatable bonds is 5. The van der Waals surface area contributed by atoms with Gasteiger partial charge >= 0.3 is 0 Å². The number of aryl methyl sites for hydroxylation is 1. The predicted octanol–water partition coefficient (Wildman–Crippen LogP) is 2.80. The van der Waals surface area contributed by atoms with Gasteiger partial charge in [0.1, 0.15) is 12.1 Å². The second-order valence-corrected chi connectivity index (χ2v) is 7.62. The Morgan fingerprint density at radius 2 is 1.93 bits per heavy atom. The van der Waals surface area contributed by atoms with Gasteiger partial charge in [-0.05, 0) is 18.8 Å². The molecule has 3 atom stereocenters. The zero-order valence-electron chi connectivity index (χ0n) is 14.9. The SMILES string of the molecule is Cc1ccc(C(F)(F)CN2CC3C(Nc4ncnc5[nH]ncc45)[C@H]3C2)cc1. The zero-order valence-corrected chi connectivity index (χ0v) is 14.9. The van der Waals surface area contributed by atoms with E-state index in [0.29, 0.717) is 30.6 Å². The summed E-state index contributed by atoms with van der Waals surface area (Å²) in [4.78, 5) is 10.3. The molecular formula is C19H20F2N6. The van der Waals surface area contributed by atoms with E-state index in [0.717, 1.165) is 16.8 Å². The molecule has 2 aromatic heterocycles. The molecule has 8 heteroatoms. The fourth-order valence-electron chi connectivity index (χ4n) is 4.16. The molecule has 5 rings (SSSR count). The largest absolute Gasteiger partial charge is 0.366 e. The van der Waals surface area contributed by atoms with Crippen LogP contribution in [0.4, 0.5) is 14.6 Å². The second kappa shape index (κ2) is 5.95. The van der Waals surface area contributed by atoms with Crippen LogP contribution >= 0.6 is 0 Å². The minimum absolute atomic E-state index is 0.0895. The smallest absolute Gasteiger partial charge is 0.285 e. The Kier molecular flexibility index (Phi) is 3.65. The summed E-state index contributed by atoms with van der Waals surface area (Å²) in [6, 6.07) is 6.82.